The lowest BCUT2D eigenvalue weighted by molar-refractivity contribution is 0.0693. The molecule has 0 spiro atoms. The number of phenols is 1. The molecule has 0 aliphatic carbocycles. The lowest BCUT2D eigenvalue weighted by Gasteiger charge is -2.12. The number of hydrogen-bond acceptors (Lipinski definition) is 4. The SMILES string of the molecule is COc1cc(C(=O)O)c(O)c(Br)c1OC. The number of aromatic carboxylic acids is 1. The largest absolute Gasteiger partial charge is 0.506 e. The first-order valence-corrected chi connectivity index (χ1v) is 4.69. The zero-order valence-corrected chi connectivity index (χ0v) is 9.66. The molecule has 0 radical (unpaired) electrons. The highest BCUT2D eigenvalue weighted by Crippen LogP contribution is 2.43. The summed E-state index contributed by atoms with van der Waals surface area (Å²) in [6, 6.07) is 1.20. The van der Waals surface area contributed by atoms with Gasteiger partial charge in [-0.15, -0.1) is 0 Å². The summed E-state index contributed by atoms with van der Waals surface area (Å²) in [5.74, 6) is -1.14. The first kappa shape index (κ1) is 11.6. The number of ether oxygens (including phenoxy) is 2. The van der Waals surface area contributed by atoms with Gasteiger partial charge in [-0.25, -0.2) is 4.79 Å². The van der Waals surface area contributed by atoms with Gasteiger partial charge in [0, 0.05) is 6.07 Å². The third kappa shape index (κ3) is 1.99. The van der Waals surface area contributed by atoms with E-state index in [0.29, 0.717) is 0 Å². The lowest BCUT2D eigenvalue weighted by Crippen LogP contribution is -2.00. The minimum atomic E-state index is -1.24. The third-order valence-electron chi connectivity index (χ3n) is 1.82. The summed E-state index contributed by atoms with van der Waals surface area (Å²) in [5, 5.41) is 18.3. The topological polar surface area (TPSA) is 76.0 Å². The molecule has 0 unspecified atom stereocenters. The minimum Gasteiger partial charge on any atom is -0.506 e. The number of hydrogen-bond donors (Lipinski definition) is 2. The molecule has 6 heteroatoms. The number of methoxy groups -OCH3 is 2. The Bertz CT molecular complexity index is 402. The summed E-state index contributed by atoms with van der Waals surface area (Å²) in [5.41, 5.74) is -0.250. The van der Waals surface area contributed by atoms with Crippen LogP contribution in [0.1, 0.15) is 10.4 Å². The van der Waals surface area contributed by atoms with Crippen LogP contribution in [0.15, 0.2) is 10.5 Å². The van der Waals surface area contributed by atoms with Gasteiger partial charge < -0.3 is 19.7 Å². The quantitative estimate of drug-likeness (QED) is 0.882. The van der Waals surface area contributed by atoms with E-state index in [2.05, 4.69) is 15.9 Å². The number of halogens is 1. The zero-order chi connectivity index (χ0) is 11.6. The second-order valence-corrected chi connectivity index (χ2v) is 3.42. The van der Waals surface area contributed by atoms with Crippen LogP contribution < -0.4 is 9.47 Å². The Labute approximate surface area is 94.4 Å². The molecule has 0 aliphatic rings. The van der Waals surface area contributed by atoms with Crippen LogP contribution in [-0.4, -0.2) is 30.4 Å². The van der Waals surface area contributed by atoms with Crippen LogP contribution in [0.25, 0.3) is 0 Å². The van der Waals surface area contributed by atoms with Crippen molar-refractivity contribution >= 4 is 21.9 Å². The standard InChI is InChI=1S/C9H9BrO5/c1-14-5-3-4(9(12)13)7(11)6(10)8(5)15-2/h3,11H,1-2H3,(H,12,13). The van der Waals surface area contributed by atoms with Crippen LogP contribution in [0.5, 0.6) is 17.2 Å². The molecular weight excluding hydrogens is 268 g/mol. The molecule has 0 amide bonds. The van der Waals surface area contributed by atoms with Gasteiger partial charge >= 0.3 is 5.97 Å². The fourth-order valence-corrected chi connectivity index (χ4v) is 1.67. The highest BCUT2D eigenvalue weighted by atomic mass is 79.9. The summed E-state index contributed by atoms with van der Waals surface area (Å²) in [4.78, 5) is 10.8. The van der Waals surface area contributed by atoms with Crippen LogP contribution in [0.4, 0.5) is 0 Å². The van der Waals surface area contributed by atoms with Crippen LogP contribution in [0, 0.1) is 0 Å². The van der Waals surface area contributed by atoms with Crippen molar-refractivity contribution in [3.63, 3.8) is 0 Å². The van der Waals surface area contributed by atoms with E-state index in [1.807, 2.05) is 0 Å². The molecule has 5 nitrogen and oxygen atoms in total. The average molecular weight is 277 g/mol. The second-order valence-electron chi connectivity index (χ2n) is 2.63. The molecule has 0 heterocycles. The van der Waals surface area contributed by atoms with Gasteiger partial charge in [0.25, 0.3) is 0 Å². The lowest BCUT2D eigenvalue weighted by atomic mass is 10.2. The van der Waals surface area contributed by atoms with E-state index >= 15 is 0 Å². The van der Waals surface area contributed by atoms with E-state index in [9.17, 15) is 9.90 Å². The molecule has 0 saturated carbocycles. The van der Waals surface area contributed by atoms with Gasteiger partial charge in [-0.05, 0) is 15.9 Å². The molecule has 0 fully saturated rings. The molecule has 2 N–H and O–H groups in total. The predicted octanol–water partition coefficient (Wildman–Crippen LogP) is 1.87. The van der Waals surface area contributed by atoms with E-state index in [1.54, 1.807) is 0 Å². The normalized spacial score (nSPS) is 9.80. The zero-order valence-electron chi connectivity index (χ0n) is 8.07. The van der Waals surface area contributed by atoms with Gasteiger partial charge in [0.2, 0.25) is 0 Å². The van der Waals surface area contributed by atoms with E-state index in [0.717, 1.165) is 0 Å². The maximum absolute atomic E-state index is 10.8. The maximum atomic E-state index is 10.8. The molecule has 15 heavy (non-hydrogen) atoms. The highest BCUT2D eigenvalue weighted by molar-refractivity contribution is 9.10. The molecule has 0 aromatic heterocycles. The monoisotopic (exact) mass is 276 g/mol. The predicted molar refractivity (Wildman–Crippen MR) is 55.9 cm³/mol. The molecule has 82 valence electrons. The summed E-state index contributed by atoms with van der Waals surface area (Å²) in [7, 11) is 2.77. The molecule has 1 aromatic carbocycles. The molecule has 0 saturated heterocycles. The van der Waals surface area contributed by atoms with Crippen LogP contribution in [0.2, 0.25) is 0 Å². The summed E-state index contributed by atoms with van der Waals surface area (Å²) >= 11 is 3.03. The Morgan fingerprint density at radius 2 is 2.00 bits per heavy atom. The fraction of sp³-hybridized carbons (Fsp3) is 0.222. The van der Waals surface area contributed by atoms with Gasteiger partial charge in [0.05, 0.1) is 14.2 Å². The molecule has 1 rings (SSSR count). The van der Waals surface area contributed by atoms with Crippen LogP contribution in [0.3, 0.4) is 0 Å². The van der Waals surface area contributed by atoms with Crippen molar-refractivity contribution in [1.82, 2.24) is 0 Å². The highest BCUT2D eigenvalue weighted by Gasteiger charge is 2.20. The van der Waals surface area contributed by atoms with E-state index in [-0.39, 0.29) is 27.3 Å². The van der Waals surface area contributed by atoms with Gasteiger partial charge in [0.1, 0.15) is 15.8 Å². The Balaban J connectivity index is 3.49. The van der Waals surface area contributed by atoms with Crippen LogP contribution >= 0.6 is 15.9 Å². The summed E-state index contributed by atoms with van der Waals surface area (Å²) in [6.07, 6.45) is 0. The second kappa shape index (κ2) is 4.39. The van der Waals surface area contributed by atoms with Crippen molar-refractivity contribution in [3.05, 3.63) is 16.1 Å². The van der Waals surface area contributed by atoms with Gasteiger partial charge in [-0.3, -0.25) is 0 Å². The minimum absolute atomic E-state index is 0.154. The van der Waals surface area contributed by atoms with E-state index in [1.165, 1.54) is 20.3 Å². The molecule has 0 bridgehead atoms. The third-order valence-corrected chi connectivity index (χ3v) is 2.55. The number of aromatic hydroxyl groups is 1. The van der Waals surface area contributed by atoms with Crippen molar-refractivity contribution in [2.24, 2.45) is 0 Å². The van der Waals surface area contributed by atoms with Crippen molar-refractivity contribution in [2.75, 3.05) is 14.2 Å². The smallest absolute Gasteiger partial charge is 0.339 e. The number of rotatable bonds is 3. The van der Waals surface area contributed by atoms with Crippen molar-refractivity contribution in [1.29, 1.82) is 0 Å². The fourth-order valence-electron chi connectivity index (χ4n) is 1.10. The van der Waals surface area contributed by atoms with Crippen molar-refractivity contribution < 1.29 is 24.5 Å². The van der Waals surface area contributed by atoms with Gasteiger partial charge in [-0.2, -0.15) is 0 Å². The Hall–Kier alpha value is -1.43. The Kier molecular flexibility index (Phi) is 3.41. The van der Waals surface area contributed by atoms with Crippen LogP contribution in [-0.2, 0) is 0 Å². The number of carboxylic acids is 1. The van der Waals surface area contributed by atoms with E-state index in [4.69, 9.17) is 14.6 Å². The summed E-state index contributed by atoms with van der Waals surface area (Å²) in [6.45, 7) is 0. The first-order chi connectivity index (χ1) is 7.02. The first-order valence-electron chi connectivity index (χ1n) is 3.89. The van der Waals surface area contributed by atoms with Crippen molar-refractivity contribution in [3.8, 4) is 17.2 Å². The van der Waals surface area contributed by atoms with Gasteiger partial charge in [-0.1, -0.05) is 0 Å². The molecule has 0 atom stereocenters. The summed E-state index contributed by atoms with van der Waals surface area (Å²) < 4.78 is 10.0. The molecular formula is C9H9BrO5. The molecule has 0 aliphatic heterocycles. The maximum Gasteiger partial charge on any atom is 0.339 e. The number of carboxylic acid groups (broad SMARTS) is 1. The Morgan fingerprint density at radius 1 is 1.40 bits per heavy atom. The Morgan fingerprint density at radius 3 is 2.40 bits per heavy atom. The average Bonchev–Trinajstić information content (AvgIpc) is 2.21. The van der Waals surface area contributed by atoms with Gasteiger partial charge in [0.15, 0.2) is 11.5 Å². The number of benzene rings is 1. The number of carbonyl (C=O) groups is 1. The molecule has 1 aromatic rings. The van der Waals surface area contributed by atoms with Crippen molar-refractivity contribution in [2.45, 2.75) is 0 Å². The van der Waals surface area contributed by atoms with E-state index < -0.39 is 5.97 Å².